The van der Waals surface area contributed by atoms with Crippen LogP contribution in [-0.2, 0) is 0 Å². The van der Waals surface area contributed by atoms with Crippen molar-refractivity contribution in [3.63, 3.8) is 0 Å². The summed E-state index contributed by atoms with van der Waals surface area (Å²) in [5.74, 6) is 0.206. The fraction of sp³-hybridized carbons (Fsp3) is 0.222. The summed E-state index contributed by atoms with van der Waals surface area (Å²) in [5.41, 5.74) is 0.590. The van der Waals surface area contributed by atoms with Gasteiger partial charge in [-0.15, -0.1) is 10.2 Å². The van der Waals surface area contributed by atoms with Gasteiger partial charge in [0.25, 0.3) is 11.7 Å². The van der Waals surface area contributed by atoms with Crippen LogP contribution in [-0.4, -0.2) is 45.6 Å². The number of hydrogen-bond donors (Lipinski definition) is 2. The Balaban J connectivity index is 2.22. The monoisotopic (exact) mass is 233 g/mol. The average Bonchev–Trinajstić information content (AvgIpc) is 2.83. The number of tetrazole rings is 1. The molecule has 0 bridgehead atoms. The first-order valence-corrected chi connectivity index (χ1v) is 4.85. The topological polar surface area (TPSA) is 99.7 Å². The number of carbonyl (C=O) groups excluding carboxylic acids is 1. The Kier molecular flexibility index (Phi) is 2.95. The lowest BCUT2D eigenvalue weighted by atomic mass is 10.3. The molecular weight excluding hydrogens is 222 g/mol. The highest BCUT2D eigenvalue weighted by atomic mass is 16.2. The van der Waals surface area contributed by atoms with E-state index in [4.69, 9.17) is 0 Å². The van der Waals surface area contributed by atoms with Crippen LogP contribution >= 0.6 is 0 Å². The molecule has 0 radical (unpaired) electrons. The predicted octanol–water partition coefficient (Wildman–Crippen LogP) is -0.0870. The molecule has 2 aromatic rings. The molecule has 0 aliphatic rings. The van der Waals surface area contributed by atoms with Gasteiger partial charge in [-0.1, -0.05) is 0 Å². The first-order valence-electron chi connectivity index (χ1n) is 4.85. The molecule has 0 aromatic carbocycles. The summed E-state index contributed by atoms with van der Waals surface area (Å²) < 4.78 is 0. The Bertz CT molecular complexity index is 508. The highest BCUT2D eigenvalue weighted by molar-refractivity contribution is 6.02. The van der Waals surface area contributed by atoms with Crippen molar-refractivity contribution in [2.24, 2.45) is 0 Å². The summed E-state index contributed by atoms with van der Waals surface area (Å²) in [6.45, 7) is 0. The van der Waals surface area contributed by atoms with Crippen LogP contribution < -0.4 is 10.2 Å². The Morgan fingerprint density at radius 3 is 2.94 bits per heavy atom. The van der Waals surface area contributed by atoms with Crippen LogP contribution in [0.1, 0.15) is 10.6 Å². The number of anilines is 2. The second-order valence-corrected chi connectivity index (χ2v) is 3.46. The first-order chi connectivity index (χ1) is 8.18. The number of nitrogens with one attached hydrogen (secondary N) is 2. The molecule has 88 valence electrons. The lowest BCUT2D eigenvalue weighted by Gasteiger charge is -2.15. The molecule has 2 N–H and O–H groups in total. The van der Waals surface area contributed by atoms with E-state index >= 15 is 0 Å². The number of aromatic nitrogens is 5. The lowest BCUT2D eigenvalue weighted by molar-refractivity contribution is 0.101. The third-order valence-electron chi connectivity index (χ3n) is 2.01. The highest BCUT2D eigenvalue weighted by Crippen LogP contribution is 2.20. The quantitative estimate of drug-likeness (QED) is 0.768. The first kappa shape index (κ1) is 11.0. The van der Waals surface area contributed by atoms with Gasteiger partial charge in [0.2, 0.25) is 0 Å². The number of rotatable bonds is 3. The van der Waals surface area contributed by atoms with E-state index in [1.165, 1.54) is 0 Å². The average molecular weight is 233 g/mol. The van der Waals surface area contributed by atoms with Crippen LogP contribution in [0.5, 0.6) is 0 Å². The van der Waals surface area contributed by atoms with Crippen molar-refractivity contribution in [2.45, 2.75) is 0 Å². The van der Waals surface area contributed by atoms with Gasteiger partial charge >= 0.3 is 0 Å². The summed E-state index contributed by atoms with van der Waals surface area (Å²) in [5, 5.41) is 15.4. The van der Waals surface area contributed by atoms with Gasteiger partial charge < -0.3 is 10.2 Å². The standard InChI is InChI=1S/C9H11N7O/c1-16(2)8-6(4-3-5-10-8)11-9(17)7-12-14-15-13-7/h3-5H,1-2H3,(H,11,17)(H,12,13,14,15). The minimum Gasteiger partial charge on any atom is -0.361 e. The normalized spacial score (nSPS) is 10.0. The van der Waals surface area contributed by atoms with Gasteiger partial charge in [-0.25, -0.2) is 4.98 Å². The van der Waals surface area contributed by atoms with Crippen LogP contribution in [0.25, 0.3) is 0 Å². The molecule has 0 spiro atoms. The Morgan fingerprint density at radius 2 is 2.29 bits per heavy atom. The van der Waals surface area contributed by atoms with E-state index < -0.39 is 5.91 Å². The molecule has 2 rings (SSSR count). The van der Waals surface area contributed by atoms with Gasteiger partial charge in [0.05, 0.1) is 5.69 Å². The molecule has 0 fully saturated rings. The smallest absolute Gasteiger partial charge is 0.297 e. The van der Waals surface area contributed by atoms with Crippen LogP contribution in [0.2, 0.25) is 0 Å². The highest BCUT2D eigenvalue weighted by Gasteiger charge is 2.14. The number of amides is 1. The van der Waals surface area contributed by atoms with Gasteiger partial charge in [-0.05, 0) is 17.3 Å². The van der Waals surface area contributed by atoms with Crippen molar-refractivity contribution in [3.05, 3.63) is 24.2 Å². The Morgan fingerprint density at radius 1 is 1.47 bits per heavy atom. The minimum absolute atomic E-state index is 0.0152. The van der Waals surface area contributed by atoms with E-state index in [2.05, 4.69) is 30.9 Å². The third-order valence-corrected chi connectivity index (χ3v) is 2.01. The predicted molar refractivity (Wildman–Crippen MR) is 60.7 cm³/mol. The van der Waals surface area contributed by atoms with E-state index in [1.807, 2.05) is 14.1 Å². The maximum absolute atomic E-state index is 11.7. The summed E-state index contributed by atoms with van der Waals surface area (Å²) in [4.78, 5) is 17.7. The minimum atomic E-state index is -0.435. The van der Waals surface area contributed by atoms with Crippen LogP contribution in [0.4, 0.5) is 11.5 Å². The molecule has 0 saturated heterocycles. The Hall–Kier alpha value is -2.51. The number of nitrogens with zero attached hydrogens (tertiary/aromatic N) is 5. The summed E-state index contributed by atoms with van der Waals surface area (Å²) >= 11 is 0. The lowest BCUT2D eigenvalue weighted by Crippen LogP contribution is -2.18. The molecular formula is C9H11N7O. The number of hydrogen-bond acceptors (Lipinski definition) is 6. The summed E-state index contributed by atoms with van der Waals surface area (Å²) in [6, 6.07) is 3.49. The largest absolute Gasteiger partial charge is 0.361 e. The van der Waals surface area contributed by atoms with Gasteiger partial charge in [0.15, 0.2) is 5.82 Å². The number of pyridine rings is 1. The van der Waals surface area contributed by atoms with Crippen molar-refractivity contribution in [3.8, 4) is 0 Å². The number of carbonyl (C=O) groups is 1. The second-order valence-electron chi connectivity index (χ2n) is 3.46. The zero-order valence-electron chi connectivity index (χ0n) is 9.38. The van der Waals surface area contributed by atoms with Crippen molar-refractivity contribution in [1.29, 1.82) is 0 Å². The SMILES string of the molecule is CN(C)c1ncccc1NC(=O)c1nn[nH]n1. The van der Waals surface area contributed by atoms with E-state index in [0.29, 0.717) is 11.5 Å². The molecule has 2 heterocycles. The zero-order chi connectivity index (χ0) is 12.3. The van der Waals surface area contributed by atoms with Crippen molar-refractivity contribution >= 4 is 17.4 Å². The summed E-state index contributed by atoms with van der Waals surface area (Å²) in [7, 11) is 3.68. The maximum atomic E-state index is 11.7. The van der Waals surface area contributed by atoms with Crippen molar-refractivity contribution < 1.29 is 4.79 Å². The molecule has 17 heavy (non-hydrogen) atoms. The van der Waals surface area contributed by atoms with E-state index in [1.54, 1.807) is 23.2 Å². The molecule has 0 aliphatic heterocycles. The van der Waals surface area contributed by atoms with Crippen LogP contribution in [0.3, 0.4) is 0 Å². The van der Waals surface area contributed by atoms with Gasteiger partial charge in [0, 0.05) is 20.3 Å². The fourth-order valence-corrected chi connectivity index (χ4v) is 1.29. The summed E-state index contributed by atoms with van der Waals surface area (Å²) in [6.07, 6.45) is 1.65. The molecule has 1 amide bonds. The third kappa shape index (κ3) is 2.36. The van der Waals surface area contributed by atoms with E-state index in [9.17, 15) is 4.79 Å². The van der Waals surface area contributed by atoms with E-state index in [0.717, 1.165) is 0 Å². The molecule has 0 aliphatic carbocycles. The molecule has 8 heteroatoms. The second kappa shape index (κ2) is 4.56. The van der Waals surface area contributed by atoms with Gasteiger partial charge in [-0.3, -0.25) is 4.79 Å². The van der Waals surface area contributed by atoms with Crippen molar-refractivity contribution in [1.82, 2.24) is 25.6 Å². The van der Waals surface area contributed by atoms with Crippen LogP contribution in [0.15, 0.2) is 18.3 Å². The van der Waals surface area contributed by atoms with Crippen molar-refractivity contribution in [2.75, 3.05) is 24.3 Å². The number of H-pyrrole nitrogens is 1. The van der Waals surface area contributed by atoms with Gasteiger partial charge in [-0.2, -0.15) is 5.21 Å². The molecule has 0 unspecified atom stereocenters. The molecule has 0 saturated carbocycles. The zero-order valence-corrected chi connectivity index (χ0v) is 9.38. The molecule has 0 atom stereocenters. The van der Waals surface area contributed by atoms with Crippen LogP contribution in [0, 0.1) is 0 Å². The molecule has 2 aromatic heterocycles. The maximum Gasteiger partial charge on any atom is 0.297 e. The fourth-order valence-electron chi connectivity index (χ4n) is 1.29. The molecule has 8 nitrogen and oxygen atoms in total. The Labute approximate surface area is 97.0 Å². The van der Waals surface area contributed by atoms with E-state index in [-0.39, 0.29) is 5.82 Å². The number of aromatic amines is 1. The van der Waals surface area contributed by atoms with Gasteiger partial charge in [0.1, 0.15) is 0 Å².